The van der Waals surface area contributed by atoms with E-state index >= 15 is 0 Å². The normalized spacial score (nSPS) is 12.5. The molecule has 188 valence electrons. The second-order valence-electron chi connectivity index (χ2n) is 8.16. The van der Waals surface area contributed by atoms with E-state index in [9.17, 15) is 22.8 Å². The second kappa shape index (κ2) is 11.4. The molecule has 1 unspecified atom stereocenters. The lowest BCUT2D eigenvalue weighted by atomic mass is 10.2. The number of alkyl halides is 3. The van der Waals surface area contributed by atoms with Crippen LogP contribution in [0.25, 0.3) is 10.9 Å². The molecule has 0 aliphatic carbocycles. The maximum absolute atomic E-state index is 13.2. The van der Waals surface area contributed by atoms with E-state index in [2.05, 4.69) is 5.32 Å². The predicted molar refractivity (Wildman–Crippen MR) is 128 cm³/mol. The molecule has 35 heavy (non-hydrogen) atoms. The van der Waals surface area contributed by atoms with Crippen LogP contribution in [0.4, 0.5) is 23.7 Å². The minimum absolute atomic E-state index is 0.229. The molecule has 0 aliphatic heterocycles. The molecule has 0 spiro atoms. The zero-order chi connectivity index (χ0) is 25.6. The number of ether oxygens (including phenoxy) is 1. The third-order valence-corrected chi connectivity index (χ3v) is 5.73. The van der Waals surface area contributed by atoms with Crippen molar-refractivity contribution < 1.29 is 22.7 Å². The first kappa shape index (κ1) is 26.2. The number of unbranched alkanes of at least 4 members (excludes halogenated alkanes) is 1. The van der Waals surface area contributed by atoms with Gasteiger partial charge >= 0.3 is 12.2 Å². The fourth-order valence-electron chi connectivity index (χ4n) is 3.78. The Hall–Kier alpha value is -3.40. The number of amides is 2. The highest BCUT2D eigenvalue weighted by atomic mass is 19.4. The van der Waals surface area contributed by atoms with Crippen LogP contribution in [0.3, 0.4) is 0 Å². The number of hydrogen-bond acceptors (Lipinski definition) is 4. The fourth-order valence-corrected chi connectivity index (χ4v) is 3.78. The van der Waals surface area contributed by atoms with E-state index in [0.29, 0.717) is 29.7 Å². The zero-order valence-corrected chi connectivity index (χ0v) is 19.9. The molecule has 1 N–H and O–H groups in total. The molecule has 0 saturated carbocycles. The van der Waals surface area contributed by atoms with Gasteiger partial charge in [0.1, 0.15) is 5.82 Å². The smallest absolute Gasteiger partial charge is 0.383 e. The maximum atomic E-state index is 13.2. The number of methoxy groups -OCH3 is 1. The Morgan fingerprint density at radius 2 is 1.86 bits per heavy atom. The lowest BCUT2D eigenvalue weighted by Gasteiger charge is -2.30. The minimum Gasteiger partial charge on any atom is -0.383 e. The van der Waals surface area contributed by atoms with Crippen LogP contribution in [0, 0.1) is 0 Å². The van der Waals surface area contributed by atoms with Crippen LogP contribution < -0.4 is 10.9 Å². The SMILES string of the molecule is CCCCN(C(=O)Nc1ccc(C(F)(F)F)cc1)C(C)c1nc2ccccc2c(=O)n1CCOC. The lowest BCUT2D eigenvalue weighted by Crippen LogP contribution is -2.41. The van der Waals surface area contributed by atoms with Crippen molar-refractivity contribution in [2.75, 3.05) is 25.6 Å². The summed E-state index contributed by atoms with van der Waals surface area (Å²) in [6, 6.07) is 10.2. The van der Waals surface area contributed by atoms with Gasteiger partial charge in [0.05, 0.1) is 35.7 Å². The van der Waals surface area contributed by atoms with Gasteiger partial charge in [-0.05, 0) is 49.7 Å². The molecular weight excluding hydrogens is 461 g/mol. The molecule has 0 bridgehead atoms. The molecule has 0 saturated heterocycles. The standard InChI is InChI=1S/C25H29F3N4O3/c1-4-5-14-31(24(34)29-19-12-10-18(11-13-19)25(26,27)28)17(2)22-30-21-9-7-6-8-20(21)23(33)32(22)15-16-35-3/h6-13,17H,4-5,14-16H2,1-3H3,(H,29,34). The van der Waals surface area contributed by atoms with Crippen molar-refractivity contribution >= 4 is 22.6 Å². The first-order valence-electron chi connectivity index (χ1n) is 11.4. The third-order valence-electron chi connectivity index (χ3n) is 5.73. The largest absolute Gasteiger partial charge is 0.416 e. The van der Waals surface area contributed by atoms with Gasteiger partial charge in [-0.15, -0.1) is 0 Å². The fraction of sp³-hybridized carbons (Fsp3) is 0.400. The van der Waals surface area contributed by atoms with Crippen molar-refractivity contribution in [2.45, 2.75) is 45.5 Å². The van der Waals surface area contributed by atoms with Gasteiger partial charge in [-0.25, -0.2) is 9.78 Å². The molecule has 7 nitrogen and oxygen atoms in total. The van der Waals surface area contributed by atoms with Crippen molar-refractivity contribution in [2.24, 2.45) is 0 Å². The molecule has 0 aliphatic rings. The summed E-state index contributed by atoms with van der Waals surface area (Å²) in [7, 11) is 1.54. The molecular formula is C25H29F3N4O3. The van der Waals surface area contributed by atoms with Crippen LogP contribution in [-0.4, -0.2) is 40.7 Å². The van der Waals surface area contributed by atoms with Gasteiger partial charge in [-0.3, -0.25) is 9.36 Å². The topological polar surface area (TPSA) is 76.5 Å². The van der Waals surface area contributed by atoms with E-state index < -0.39 is 23.8 Å². The minimum atomic E-state index is -4.46. The van der Waals surface area contributed by atoms with E-state index in [0.717, 1.165) is 18.6 Å². The molecule has 3 rings (SSSR count). The van der Waals surface area contributed by atoms with Crippen LogP contribution in [0.15, 0.2) is 53.3 Å². The van der Waals surface area contributed by atoms with Gasteiger partial charge < -0.3 is 15.0 Å². The molecule has 0 radical (unpaired) electrons. The Labute approximate surface area is 201 Å². The number of carbonyl (C=O) groups is 1. The number of fused-ring (bicyclic) bond motifs is 1. The van der Waals surface area contributed by atoms with E-state index in [1.165, 1.54) is 23.8 Å². The first-order valence-corrected chi connectivity index (χ1v) is 11.4. The summed E-state index contributed by atoms with van der Waals surface area (Å²) in [5.74, 6) is 0.407. The molecule has 0 fully saturated rings. The molecule has 10 heteroatoms. The number of halogens is 3. The van der Waals surface area contributed by atoms with Crippen molar-refractivity contribution in [1.82, 2.24) is 14.5 Å². The van der Waals surface area contributed by atoms with E-state index in [1.54, 1.807) is 36.1 Å². The van der Waals surface area contributed by atoms with Crippen LogP contribution in [-0.2, 0) is 17.5 Å². The van der Waals surface area contributed by atoms with Crippen LogP contribution >= 0.6 is 0 Å². The Kier molecular flexibility index (Phi) is 8.50. The number of para-hydroxylation sites is 1. The number of aromatic nitrogens is 2. The van der Waals surface area contributed by atoms with E-state index in [-0.39, 0.29) is 24.4 Å². The number of nitrogens with zero attached hydrogens (tertiary/aromatic N) is 3. The molecule has 3 aromatic rings. The van der Waals surface area contributed by atoms with Crippen molar-refractivity contribution in [3.05, 3.63) is 70.3 Å². The summed E-state index contributed by atoms with van der Waals surface area (Å²) in [6.07, 6.45) is -2.95. The van der Waals surface area contributed by atoms with Crippen molar-refractivity contribution in [3.63, 3.8) is 0 Å². The van der Waals surface area contributed by atoms with Crippen LogP contribution in [0.2, 0.25) is 0 Å². The first-order chi connectivity index (χ1) is 16.7. The molecule has 2 amide bonds. The Morgan fingerprint density at radius 3 is 2.49 bits per heavy atom. The summed E-state index contributed by atoms with van der Waals surface area (Å²) in [6.45, 7) is 4.68. The number of urea groups is 1. The Morgan fingerprint density at radius 1 is 1.17 bits per heavy atom. The number of anilines is 1. The average Bonchev–Trinajstić information content (AvgIpc) is 2.83. The summed E-state index contributed by atoms with van der Waals surface area (Å²) >= 11 is 0. The molecule has 1 atom stereocenters. The number of hydrogen-bond donors (Lipinski definition) is 1. The molecule has 1 aromatic heterocycles. The highest BCUT2D eigenvalue weighted by Gasteiger charge is 2.30. The Balaban J connectivity index is 1.96. The highest BCUT2D eigenvalue weighted by molar-refractivity contribution is 5.89. The summed E-state index contributed by atoms with van der Waals surface area (Å²) in [4.78, 5) is 32.7. The van der Waals surface area contributed by atoms with Gasteiger partial charge in [0, 0.05) is 19.3 Å². The number of benzene rings is 2. The van der Waals surface area contributed by atoms with Gasteiger partial charge in [0.25, 0.3) is 5.56 Å². The highest BCUT2D eigenvalue weighted by Crippen LogP contribution is 2.30. The second-order valence-corrected chi connectivity index (χ2v) is 8.16. The predicted octanol–water partition coefficient (Wildman–Crippen LogP) is 5.46. The van der Waals surface area contributed by atoms with Crippen LogP contribution in [0.5, 0.6) is 0 Å². The van der Waals surface area contributed by atoms with Crippen molar-refractivity contribution in [1.29, 1.82) is 0 Å². The van der Waals surface area contributed by atoms with E-state index in [1.807, 2.05) is 6.92 Å². The maximum Gasteiger partial charge on any atom is 0.416 e. The number of nitrogens with one attached hydrogen (secondary N) is 1. The van der Waals surface area contributed by atoms with Gasteiger partial charge in [0.15, 0.2) is 0 Å². The quantitative estimate of drug-likeness (QED) is 0.432. The van der Waals surface area contributed by atoms with Gasteiger partial charge in [-0.1, -0.05) is 25.5 Å². The van der Waals surface area contributed by atoms with E-state index in [4.69, 9.17) is 9.72 Å². The summed E-state index contributed by atoms with van der Waals surface area (Å²) in [5.41, 5.74) is -0.270. The Bertz CT molecular complexity index is 1210. The summed E-state index contributed by atoms with van der Waals surface area (Å²) < 4.78 is 45.3. The number of carbonyl (C=O) groups excluding carboxylic acids is 1. The summed E-state index contributed by atoms with van der Waals surface area (Å²) in [5, 5.41) is 3.14. The monoisotopic (exact) mass is 490 g/mol. The van der Waals surface area contributed by atoms with Gasteiger partial charge in [0.2, 0.25) is 0 Å². The molecule has 1 heterocycles. The lowest BCUT2D eigenvalue weighted by molar-refractivity contribution is -0.137. The average molecular weight is 491 g/mol. The zero-order valence-electron chi connectivity index (χ0n) is 19.9. The number of rotatable bonds is 9. The molecule has 2 aromatic carbocycles. The van der Waals surface area contributed by atoms with Crippen LogP contribution in [0.1, 0.15) is 44.1 Å². The van der Waals surface area contributed by atoms with Gasteiger partial charge in [-0.2, -0.15) is 13.2 Å². The van der Waals surface area contributed by atoms with Crippen molar-refractivity contribution in [3.8, 4) is 0 Å². The third kappa shape index (κ3) is 6.19.